The second-order valence-electron chi connectivity index (χ2n) is 4.42. The zero-order valence-corrected chi connectivity index (χ0v) is 11.9. The minimum absolute atomic E-state index is 0.347. The van der Waals surface area contributed by atoms with E-state index < -0.39 is 11.9 Å². The Hall–Kier alpha value is -3.20. The molecule has 1 amide bonds. The van der Waals surface area contributed by atoms with Gasteiger partial charge in [0.15, 0.2) is 6.04 Å². The SMILES string of the molecule is COc1ccc(N=NC(C(N)=O)c2ccccc2C#N)cc1. The standard InChI is InChI=1S/C16H14N4O2/c1-22-13-8-6-12(7-9-13)19-20-15(16(18)21)14-5-3-2-4-11(14)10-17/h2-9,15H,1H3,(H2,18,21). The zero-order chi connectivity index (χ0) is 15.9. The summed E-state index contributed by atoms with van der Waals surface area (Å²) in [5, 5.41) is 17.1. The first kappa shape index (κ1) is 15.2. The lowest BCUT2D eigenvalue weighted by molar-refractivity contribution is -0.119. The number of benzene rings is 2. The van der Waals surface area contributed by atoms with Crippen LogP contribution in [0.3, 0.4) is 0 Å². The number of ether oxygens (including phenoxy) is 1. The highest BCUT2D eigenvalue weighted by molar-refractivity contribution is 5.82. The number of carbonyl (C=O) groups excluding carboxylic acids is 1. The van der Waals surface area contributed by atoms with Crippen molar-refractivity contribution in [2.24, 2.45) is 16.0 Å². The molecule has 1 atom stereocenters. The summed E-state index contributed by atoms with van der Waals surface area (Å²) in [6.45, 7) is 0. The Morgan fingerprint density at radius 3 is 2.50 bits per heavy atom. The quantitative estimate of drug-likeness (QED) is 0.858. The van der Waals surface area contributed by atoms with Crippen LogP contribution in [0.25, 0.3) is 0 Å². The summed E-state index contributed by atoms with van der Waals surface area (Å²) in [6, 6.07) is 14.6. The van der Waals surface area contributed by atoms with Crippen LogP contribution in [0.5, 0.6) is 5.75 Å². The molecular weight excluding hydrogens is 280 g/mol. The Kier molecular flexibility index (Phi) is 4.83. The maximum absolute atomic E-state index is 11.6. The summed E-state index contributed by atoms with van der Waals surface area (Å²) in [5.41, 5.74) is 6.72. The molecular formula is C16H14N4O2. The fourth-order valence-electron chi connectivity index (χ4n) is 1.88. The lowest BCUT2D eigenvalue weighted by atomic mass is 10.0. The molecule has 2 aromatic rings. The van der Waals surface area contributed by atoms with Gasteiger partial charge in [-0.15, -0.1) is 0 Å². The highest BCUT2D eigenvalue weighted by atomic mass is 16.5. The van der Waals surface area contributed by atoms with Crippen LogP contribution in [-0.4, -0.2) is 13.0 Å². The van der Waals surface area contributed by atoms with Gasteiger partial charge in [0.25, 0.3) is 0 Å². The molecule has 0 aliphatic carbocycles. The van der Waals surface area contributed by atoms with Crippen molar-refractivity contribution < 1.29 is 9.53 Å². The van der Waals surface area contributed by atoms with Crippen molar-refractivity contribution in [1.82, 2.24) is 0 Å². The van der Waals surface area contributed by atoms with E-state index in [-0.39, 0.29) is 0 Å². The second kappa shape index (κ2) is 6.99. The number of hydrogen-bond donors (Lipinski definition) is 1. The highest BCUT2D eigenvalue weighted by Gasteiger charge is 2.20. The molecule has 2 N–H and O–H groups in total. The number of amides is 1. The van der Waals surface area contributed by atoms with Gasteiger partial charge < -0.3 is 10.5 Å². The Bertz CT molecular complexity index is 733. The van der Waals surface area contributed by atoms with Crippen molar-refractivity contribution in [3.63, 3.8) is 0 Å². The summed E-state index contributed by atoms with van der Waals surface area (Å²) in [4.78, 5) is 11.6. The number of nitriles is 1. The molecule has 2 aromatic carbocycles. The van der Waals surface area contributed by atoms with Crippen molar-refractivity contribution in [3.8, 4) is 11.8 Å². The van der Waals surface area contributed by atoms with Gasteiger partial charge in [-0.3, -0.25) is 4.79 Å². The first-order valence-electron chi connectivity index (χ1n) is 6.49. The van der Waals surface area contributed by atoms with Crippen LogP contribution in [0.4, 0.5) is 5.69 Å². The van der Waals surface area contributed by atoms with Crippen molar-refractivity contribution in [2.75, 3.05) is 7.11 Å². The van der Waals surface area contributed by atoms with E-state index >= 15 is 0 Å². The molecule has 1 unspecified atom stereocenters. The molecule has 22 heavy (non-hydrogen) atoms. The fourth-order valence-corrected chi connectivity index (χ4v) is 1.88. The van der Waals surface area contributed by atoms with Gasteiger partial charge in [-0.05, 0) is 30.3 Å². The number of carbonyl (C=O) groups is 1. The molecule has 0 fully saturated rings. The number of primary amides is 1. The predicted molar refractivity (Wildman–Crippen MR) is 80.6 cm³/mol. The van der Waals surface area contributed by atoms with E-state index in [0.717, 1.165) is 0 Å². The molecule has 0 aliphatic rings. The maximum Gasteiger partial charge on any atom is 0.248 e. The third kappa shape index (κ3) is 3.46. The molecule has 0 aromatic heterocycles. The van der Waals surface area contributed by atoms with Crippen molar-refractivity contribution in [3.05, 3.63) is 59.7 Å². The van der Waals surface area contributed by atoms with E-state index in [2.05, 4.69) is 10.2 Å². The fraction of sp³-hybridized carbons (Fsp3) is 0.125. The van der Waals surface area contributed by atoms with Gasteiger partial charge in [-0.2, -0.15) is 15.5 Å². The van der Waals surface area contributed by atoms with Gasteiger partial charge in [-0.1, -0.05) is 18.2 Å². The summed E-state index contributed by atoms with van der Waals surface area (Å²) < 4.78 is 5.05. The average molecular weight is 294 g/mol. The third-order valence-electron chi connectivity index (χ3n) is 3.01. The van der Waals surface area contributed by atoms with Crippen molar-refractivity contribution in [2.45, 2.75) is 6.04 Å². The van der Waals surface area contributed by atoms with Gasteiger partial charge in [0.1, 0.15) is 5.75 Å². The first-order valence-corrected chi connectivity index (χ1v) is 6.49. The van der Waals surface area contributed by atoms with Gasteiger partial charge in [0, 0.05) is 5.56 Å². The molecule has 0 heterocycles. The van der Waals surface area contributed by atoms with E-state index in [4.69, 9.17) is 15.7 Å². The Balaban J connectivity index is 2.31. The molecule has 0 saturated carbocycles. The number of rotatable bonds is 5. The largest absolute Gasteiger partial charge is 0.497 e. The molecule has 6 heteroatoms. The smallest absolute Gasteiger partial charge is 0.248 e. The van der Waals surface area contributed by atoms with Gasteiger partial charge in [0.05, 0.1) is 24.4 Å². The normalized spacial score (nSPS) is 11.8. The minimum Gasteiger partial charge on any atom is -0.497 e. The van der Waals surface area contributed by atoms with Crippen molar-refractivity contribution in [1.29, 1.82) is 5.26 Å². The number of nitrogens with zero attached hydrogens (tertiary/aromatic N) is 3. The Labute approximate surface area is 127 Å². The molecule has 0 aliphatic heterocycles. The van der Waals surface area contributed by atoms with Gasteiger partial charge in [0.2, 0.25) is 5.91 Å². The molecule has 0 saturated heterocycles. The lowest BCUT2D eigenvalue weighted by Gasteiger charge is -2.09. The molecule has 0 spiro atoms. The number of nitrogens with two attached hydrogens (primary N) is 1. The van der Waals surface area contributed by atoms with Crippen LogP contribution in [0.15, 0.2) is 58.8 Å². The second-order valence-corrected chi connectivity index (χ2v) is 4.42. The Morgan fingerprint density at radius 1 is 1.23 bits per heavy atom. The van der Waals surface area contributed by atoms with E-state index in [1.54, 1.807) is 55.6 Å². The summed E-state index contributed by atoms with van der Waals surface area (Å²) >= 11 is 0. The monoisotopic (exact) mass is 294 g/mol. The molecule has 0 radical (unpaired) electrons. The first-order chi connectivity index (χ1) is 10.7. The summed E-state index contributed by atoms with van der Waals surface area (Å²) in [6.07, 6.45) is 0. The Morgan fingerprint density at radius 2 is 1.91 bits per heavy atom. The molecule has 2 rings (SSSR count). The van der Waals surface area contributed by atoms with Crippen molar-refractivity contribution >= 4 is 11.6 Å². The van der Waals surface area contributed by atoms with E-state index in [1.807, 2.05) is 6.07 Å². The predicted octanol–water partition coefficient (Wildman–Crippen LogP) is 2.88. The molecule has 0 bridgehead atoms. The number of methoxy groups -OCH3 is 1. The summed E-state index contributed by atoms with van der Waals surface area (Å²) in [7, 11) is 1.57. The van der Waals surface area contributed by atoms with Gasteiger partial charge >= 0.3 is 0 Å². The lowest BCUT2D eigenvalue weighted by Crippen LogP contribution is -2.20. The van der Waals surface area contributed by atoms with Crippen LogP contribution >= 0.6 is 0 Å². The minimum atomic E-state index is -1.00. The highest BCUT2D eigenvalue weighted by Crippen LogP contribution is 2.24. The third-order valence-corrected chi connectivity index (χ3v) is 3.01. The maximum atomic E-state index is 11.6. The summed E-state index contributed by atoms with van der Waals surface area (Å²) in [5.74, 6) is 0.0280. The van der Waals surface area contributed by atoms with Crippen LogP contribution in [-0.2, 0) is 4.79 Å². The van der Waals surface area contributed by atoms with Crippen LogP contribution in [0, 0.1) is 11.3 Å². The molecule has 6 nitrogen and oxygen atoms in total. The topological polar surface area (TPSA) is 101 Å². The number of hydrogen-bond acceptors (Lipinski definition) is 5. The van der Waals surface area contributed by atoms with Crippen LogP contribution in [0.1, 0.15) is 17.2 Å². The van der Waals surface area contributed by atoms with E-state index in [0.29, 0.717) is 22.6 Å². The van der Waals surface area contributed by atoms with Crippen LogP contribution in [0.2, 0.25) is 0 Å². The van der Waals surface area contributed by atoms with E-state index in [1.165, 1.54) is 0 Å². The zero-order valence-electron chi connectivity index (χ0n) is 11.9. The van der Waals surface area contributed by atoms with Gasteiger partial charge in [-0.25, -0.2) is 0 Å². The van der Waals surface area contributed by atoms with E-state index in [9.17, 15) is 4.79 Å². The van der Waals surface area contributed by atoms with Crippen LogP contribution < -0.4 is 10.5 Å². The molecule has 110 valence electrons. The number of azo groups is 1. The average Bonchev–Trinajstić information content (AvgIpc) is 2.55.